The van der Waals surface area contributed by atoms with Crippen molar-refractivity contribution in [3.05, 3.63) is 23.4 Å². The SMILES string of the molecule is CC.CC(C)(F)F.COC(=O)C1=CC(C)(C)CC=C1NC(=O)OC(C)(C)C.[HH]. The number of carbonyl (C=O) groups is 2. The van der Waals surface area contributed by atoms with E-state index in [1.807, 2.05) is 39.8 Å². The van der Waals surface area contributed by atoms with Crippen molar-refractivity contribution in [1.29, 1.82) is 0 Å². The highest BCUT2D eigenvalue weighted by molar-refractivity contribution is 5.95. The van der Waals surface area contributed by atoms with Crippen molar-refractivity contribution in [2.45, 2.75) is 80.3 Å². The van der Waals surface area contributed by atoms with Crippen LogP contribution in [-0.2, 0) is 14.3 Å². The van der Waals surface area contributed by atoms with Gasteiger partial charge in [0.05, 0.1) is 18.4 Å². The second kappa shape index (κ2) is 11.0. The molecule has 0 saturated carbocycles. The Morgan fingerprint density at radius 2 is 1.59 bits per heavy atom. The predicted octanol–water partition coefficient (Wildman–Crippen LogP) is 5.86. The topological polar surface area (TPSA) is 64.6 Å². The van der Waals surface area contributed by atoms with Gasteiger partial charge in [0.1, 0.15) is 5.60 Å². The highest BCUT2D eigenvalue weighted by Crippen LogP contribution is 2.32. The largest absolute Gasteiger partial charge is 0.465 e. The van der Waals surface area contributed by atoms with E-state index < -0.39 is 23.6 Å². The number of rotatable bonds is 2. The molecule has 0 saturated heterocycles. The second-order valence-electron chi connectivity index (χ2n) is 7.81. The van der Waals surface area contributed by atoms with E-state index in [0.29, 0.717) is 11.3 Å². The number of carbonyl (C=O) groups excluding carboxylic acids is 2. The molecule has 0 bridgehead atoms. The van der Waals surface area contributed by atoms with Crippen molar-refractivity contribution in [3.63, 3.8) is 0 Å². The Hall–Kier alpha value is -1.92. The van der Waals surface area contributed by atoms with Crippen LogP contribution in [0.2, 0.25) is 0 Å². The number of hydrogen-bond acceptors (Lipinski definition) is 4. The summed E-state index contributed by atoms with van der Waals surface area (Å²) in [6, 6.07) is 0. The molecule has 0 radical (unpaired) electrons. The molecule has 1 N–H and O–H groups in total. The van der Waals surface area contributed by atoms with Crippen LogP contribution in [0.4, 0.5) is 13.6 Å². The van der Waals surface area contributed by atoms with Gasteiger partial charge in [-0.15, -0.1) is 0 Å². The molecule has 5 nitrogen and oxygen atoms in total. The Labute approximate surface area is 163 Å². The zero-order valence-corrected chi connectivity index (χ0v) is 18.3. The van der Waals surface area contributed by atoms with Crippen LogP contribution in [0.15, 0.2) is 23.4 Å². The third-order valence-corrected chi connectivity index (χ3v) is 2.70. The number of halogens is 2. The predicted molar refractivity (Wildman–Crippen MR) is 106 cm³/mol. The average molecular weight is 394 g/mol. The lowest BCUT2D eigenvalue weighted by molar-refractivity contribution is -0.135. The fourth-order valence-corrected chi connectivity index (χ4v) is 1.81. The van der Waals surface area contributed by atoms with Crippen molar-refractivity contribution in [2.24, 2.45) is 5.41 Å². The molecule has 1 aliphatic carbocycles. The summed E-state index contributed by atoms with van der Waals surface area (Å²) >= 11 is 0. The lowest BCUT2D eigenvalue weighted by Crippen LogP contribution is -2.34. The molecule has 0 aromatic carbocycles. The molecule has 0 fully saturated rings. The molecule has 0 aliphatic heterocycles. The normalized spacial score (nSPS) is 15.6. The maximum absolute atomic E-state index is 11.8. The molecule has 0 unspecified atom stereocenters. The van der Waals surface area contributed by atoms with E-state index >= 15 is 0 Å². The number of nitrogens with one attached hydrogen (secondary N) is 1. The summed E-state index contributed by atoms with van der Waals surface area (Å²) in [7, 11) is 1.32. The molecular weight excluding hydrogens is 356 g/mol. The summed E-state index contributed by atoms with van der Waals surface area (Å²) in [5.74, 6) is -2.97. The number of methoxy groups -OCH3 is 1. The molecule has 1 rings (SSSR count). The van der Waals surface area contributed by atoms with Crippen LogP contribution in [0.25, 0.3) is 0 Å². The van der Waals surface area contributed by atoms with Crippen LogP contribution in [0.1, 0.15) is 70.2 Å². The fraction of sp³-hybridized carbons (Fsp3) is 0.700. The van der Waals surface area contributed by atoms with Crippen LogP contribution in [0.3, 0.4) is 0 Å². The van der Waals surface area contributed by atoms with Gasteiger partial charge in [0, 0.05) is 1.43 Å². The van der Waals surface area contributed by atoms with E-state index in [4.69, 9.17) is 9.47 Å². The zero-order chi connectivity index (χ0) is 22.1. The Bertz CT molecular complexity index is 554. The summed E-state index contributed by atoms with van der Waals surface area (Å²) in [6.07, 6.45) is 3.76. The highest BCUT2D eigenvalue weighted by atomic mass is 19.3. The maximum Gasteiger partial charge on any atom is 0.412 e. The van der Waals surface area contributed by atoms with Gasteiger partial charge in [-0.2, -0.15) is 0 Å². The van der Waals surface area contributed by atoms with Crippen molar-refractivity contribution < 1.29 is 29.3 Å². The van der Waals surface area contributed by atoms with E-state index in [0.717, 1.165) is 20.3 Å². The summed E-state index contributed by atoms with van der Waals surface area (Å²) in [6.45, 7) is 15.1. The number of amides is 1. The Morgan fingerprint density at radius 1 is 1.15 bits per heavy atom. The molecule has 0 atom stereocenters. The lowest BCUT2D eigenvalue weighted by Gasteiger charge is -2.27. The van der Waals surface area contributed by atoms with E-state index in [2.05, 4.69) is 5.32 Å². The van der Waals surface area contributed by atoms with Crippen molar-refractivity contribution in [3.8, 4) is 0 Å². The van der Waals surface area contributed by atoms with Crippen LogP contribution in [-0.4, -0.2) is 30.7 Å². The Morgan fingerprint density at radius 3 is 1.96 bits per heavy atom. The molecule has 7 heteroatoms. The molecule has 0 aromatic rings. The third kappa shape index (κ3) is 14.9. The van der Waals surface area contributed by atoms with Crippen LogP contribution < -0.4 is 5.32 Å². The van der Waals surface area contributed by atoms with Crippen LogP contribution in [0, 0.1) is 5.41 Å². The molecule has 1 amide bonds. The second-order valence-corrected chi connectivity index (χ2v) is 7.81. The van der Waals surface area contributed by atoms with Gasteiger partial charge in [0.15, 0.2) is 0 Å². The highest BCUT2D eigenvalue weighted by Gasteiger charge is 2.28. The standard InChI is InChI=1S/C15H23NO4.C3H6F2.C2H6.H2/c1-14(2,3)20-13(18)16-11-7-8-15(4,5)9-10(11)12(17)19-6;1-3(2,4)5;1-2;/h7,9H,8H2,1-6H3,(H,16,18);1-2H3;1-2H3;1H. The summed E-state index contributed by atoms with van der Waals surface area (Å²) in [5.41, 5.74) is 0.0520. The van der Waals surface area contributed by atoms with Gasteiger partial charge in [-0.05, 0) is 46.5 Å². The van der Waals surface area contributed by atoms with E-state index in [1.165, 1.54) is 7.11 Å². The molecule has 0 aromatic heterocycles. The number of ether oxygens (including phenoxy) is 2. The molecular formula is C20H37F2NO4. The molecule has 160 valence electrons. The Balaban J connectivity index is -0.000000678. The van der Waals surface area contributed by atoms with Gasteiger partial charge < -0.3 is 9.47 Å². The number of alkyl carbamates (subject to hydrolysis) is 1. The maximum atomic E-state index is 11.8. The lowest BCUT2D eigenvalue weighted by atomic mass is 9.82. The monoisotopic (exact) mass is 393 g/mol. The number of esters is 1. The van der Waals surface area contributed by atoms with Gasteiger partial charge in [0.25, 0.3) is 0 Å². The van der Waals surface area contributed by atoms with Crippen molar-refractivity contribution in [2.75, 3.05) is 7.11 Å². The smallest absolute Gasteiger partial charge is 0.412 e. The quantitative estimate of drug-likeness (QED) is 0.597. The minimum Gasteiger partial charge on any atom is -0.465 e. The van der Waals surface area contributed by atoms with E-state index in [-0.39, 0.29) is 6.84 Å². The van der Waals surface area contributed by atoms with Crippen molar-refractivity contribution >= 4 is 12.1 Å². The summed E-state index contributed by atoms with van der Waals surface area (Å²) in [4.78, 5) is 23.6. The number of hydrogen-bond donors (Lipinski definition) is 1. The fourth-order valence-electron chi connectivity index (χ4n) is 1.81. The van der Waals surface area contributed by atoms with Gasteiger partial charge in [0.2, 0.25) is 5.92 Å². The van der Waals surface area contributed by atoms with E-state index in [9.17, 15) is 18.4 Å². The molecule has 1 aliphatic rings. The first-order valence-corrected chi connectivity index (χ1v) is 8.93. The molecule has 0 heterocycles. The van der Waals surface area contributed by atoms with Gasteiger partial charge in [-0.25, -0.2) is 18.4 Å². The number of allylic oxidation sites excluding steroid dienone is 2. The first-order valence-electron chi connectivity index (χ1n) is 8.93. The van der Waals surface area contributed by atoms with E-state index in [1.54, 1.807) is 20.8 Å². The molecule has 27 heavy (non-hydrogen) atoms. The van der Waals surface area contributed by atoms with Crippen LogP contribution in [0.5, 0.6) is 0 Å². The van der Waals surface area contributed by atoms with Gasteiger partial charge in [-0.1, -0.05) is 39.8 Å². The number of alkyl halides is 2. The first-order chi connectivity index (χ1) is 12.0. The zero-order valence-electron chi connectivity index (χ0n) is 18.3. The minimum atomic E-state index is -2.50. The minimum absolute atomic E-state index is 0. The summed E-state index contributed by atoms with van der Waals surface area (Å²) in [5, 5.41) is 2.61. The van der Waals surface area contributed by atoms with Gasteiger partial charge >= 0.3 is 12.1 Å². The summed E-state index contributed by atoms with van der Waals surface area (Å²) < 4.78 is 32.0. The van der Waals surface area contributed by atoms with Crippen molar-refractivity contribution in [1.82, 2.24) is 5.32 Å². The third-order valence-electron chi connectivity index (χ3n) is 2.70. The average Bonchev–Trinajstić information content (AvgIpc) is 2.46. The van der Waals surface area contributed by atoms with Gasteiger partial charge in [-0.3, -0.25) is 5.32 Å². The first kappa shape index (κ1) is 27.3. The molecule has 0 spiro atoms. The Kier molecular flexibility index (Phi) is 11.2. The van der Waals surface area contributed by atoms with Crippen LogP contribution >= 0.6 is 0 Å².